The molecule has 2 fully saturated rings. The predicted octanol–water partition coefficient (Wildman–Crippen LogP) is 4.63. The molecular weight excluding hydrogens is 286 g/mol. The SMILES string of the molecule is CC(C)(C)[Si](C)(C)O[C@H]1CCN(C2CCCC[C@@H]2Cl)C1. The number of likely N-dealkylation sites (tertiary alicyclic amines) is 1. The van der Waals surface area contributed by atoms with Crippen LogP contribution in [-0.2, 0) is 4.43 Å². The summed E-state index contributed by atoms with van der Waals surface area (Å²) in [6.45, 7) is 14.0. The quantitative estimate of drug-likeness (QED) is 0.555. The van der Waals surface area contributed by atoms with Crippen LogP contribution in [0.1, 0.15) is 52.9 Å². The van der Waals surface area contributed by atoms with Crippen LogP contribution in [0.2, 0.25) is 18.1 Å². The van der Waals surface area contributed by atoms with Gasteiger partial charge in [-0.3, -0.25) is 4.90 Å². The van der Waals surface area contributed by atoms with E-state index in [1.165, 1.54) is 38.6 Å². The van der Waals surface area contributed by atoms with E-state index in [-0.39, 0.29) is 0 Å². The molecule has 0 aromatic heterocycles. The van der Waals surface area contributed by atoms with Gasteiger partial charge >= 0.3 is 0 Å². The Labute approximate surface area is 131 Å². The second-order valence-corrected chi connectivity index (χ2v) is 13.5. The van der Waals surface area contributed by atoms with Crippen LogP contribution >= 0.6 is 11.6 Å². The third-order valence-electron chi connectivity index (χ3n) is 5.56. The second kappa shape index (κ2) is 6.27. The van der Waals surface area contributed by atoms with Gasteiger partial charge in [-0.15, -0.1) is 11.6 Å². The molecule has 118 valence electrons. The summed E-state index contributed by atoms with van der Waals surface area (Å²) < 4.78 is 6.57. The van der Waals surface area contributed by atoms with Crippen molar-refractivity contribution in [3.63, 3.8) is 0 Å². The highest BCUT2D eigenvalue weighted by Crippen LogP contribution is 2.39. The van der Waals surface area contributed by atoms with Gasteiger partial charge in [-0.25, -0.2) is 0 Å². The fourth-order valence-corrected chi connectivity index (χ4v) is 5.04. The zero-order valence-electron chi connectivity index (χ0n) is 13.9. The third kappa shape index (κ3) is 3.79. The Balaban J connectivity index is 1.89. The van der Waals surface area contributed by atoms with Crippen molar-refractivity contribution in [3.8, 4) is 0 Å². The monoisotopic (exact) mass is 317 g/mol. The lowest BCUT2D eigenvalue weighted by Gasteiger charge is -2.39. The van der Waals surface area contributed by atoms with E-state index >= 15 is 0 Å². The van der Waals surface area contributed by atoms with Crippen LogP contribution in [0.3, 0.4) is 0 Å². The van der Waals surface area contributed by atoms with Gasteiger partial charge in [-0.2, -0.15) is 0 Å². The van der Waals surface area contributed by atoms with Gasteiger partial charge in [0.25, 0.3) is 0 Å². The molecule has 3 atom stereocenters. The molecule has 0 aromatic rings. The lowest BCUT2D eigenvalue weighted by molar-refractivity contribution is 0.148. The van der Waals surface area contributed by atoms with Crippen LogP contribution in [0.4, 0.5) is 0 Å². The highest BCUT2D eigenvalue weighted by Gasteiger charge is 2.41. The zero-order valence-corrected chi connectivity index (χ0v) is 15.7. The van der Waals surface area contributed by atoms with Crippen molar-refractivity contribution in [3.05, 3.63) is 0 Å². The summed E-state index contributed by atoms with van der Waals surface area (Å²) in [5.74, 6) is 0. The summed E-state index contributed by atoms with van der Waals surface area (Å²) in [6, 6.07) is 0.596. The first-order chi connectivity index (χ1) is 9.21. The molecule has 1 aliphatic heterocycles. The van der Waals surface area contributed by atoms with Gasteiger partial charge in [0, 0.05) is 24.5 Å². The van der Waals surface area contributed by atoms with Crippen LogP contribution in [0.15, 0.2) is 0 Å². The molecule has 4 heteroatoms. The van der Waals surface area contributed by atoms with Gasteiger partial charge < -0.3 is 4.43 Å². The van der Waals surface area contributed by atoms with Crippen molar-refractivity contribution >= 4 is 19.9 Å². The van der Waals surface area contributed by atoms with E-state index in [0.29, 0.717) is 22.6 Å². The Hall–Kier alpha value is 0.427. The Morgan fingerprint density at radius 3 is 2.35 bits per heavy atom. The molecule has 0 N–H and O–H groups in total. The Morgan fingerprint density at radius 1 is 1.10 bits per heavy atom. The van der Waals surface area contributed by atoms with Gasteiger partial charge in [0.2, 0.25) is 0 Å². The standard InChI is InChI=1S/C16H32ClNOSi/c1-16(2,3)20(4,5)19-13-10-11-18(12-13)15-9-7-6-8-14(15)17/h13-15H,6-12H2,1-5H3/t13-,14-,15?/m0/s1. The average molecular weight is 318 g/mol. The van der Waals surface area contributed by atoms with Crippen LogP contribution in [0.25, 0.3) is 0 Å². The molecule has 0 bridgehead atoms. The van der Waals surface area contributed by atoms with Crippen molar-refractivity contribution in [2.24, 2.45) is 0 Å². The van der Waals surface area contributed by atoms with E-state index in [9.17, 15) is 0 Å². The van der Waals surface area contributed by atoms with E-state index in [1.54, 1.807) is 0 Å². The lowest BCUT2D eigenvalue weighted by atomic mass is 9.94. The molecule has 1 unspecified atom stereocenters. The van der Waals surface area contributed by atoms with Crippen molar-refractivity contribution in [1.82, 2.24) is 4.90 Å². The fraction of sp³-hybridized carbons (Fsp3) is 1.00. The molecule has 1 saturated carbocycles. The maximum absolute atomic E-state index is 6.57. The van der Waals surface area contributed by atoms with Gasteiger partial charge in [0.1, 0.15) is 0 Å². The van der Waals surface area contributed by atoms with E-state index in [2.05, 4.69) is 38.8 Å². The van der Waals surface area contributed by atoms with Crippen molar-refractivity contribution in [1.29, 1.82) is 0 Å². The molecule has 0 amide bonds. The highest BCUT2D eigenvalue weighted by molar-refractivity contribution is 6.74. The van der Waals surface area contributed by atoms with Crippen molar-refractivity contribution < 1.29 is 4.43 Å². The van der Waals surface area contributed by atoms with Crippen molar-refractivity contribution in [2.45, 2.75) is 88.5 Å². The van der Waals surface area contributed by atoms with Gasteiger partial charge in [0.15, 0.2) is 8.32 Å². The third-order valence-corrected chi connectivity index (χ3v) is 10.6. The van der Waals surface area contributed by atoms with E-state index < -0.39 is 8.32 Å². The van der Waals surface area contributed by atoms with Gasteiger partial charge in [0.05, 0.1) is 6.10 Å². The molecule has 1 saturated heterocycles. The molecule has 0 spiro atoms. The topological polar surface area (TPSA) is 12.5 Å². The second-order valence-electron chi connectivity index (χ2n) is 8.15. The largest absolute Gasteiger partial charge is 0.413 e. The lowest BCUT2D eigenvalue weighted by Crippen LogP contribution is -2.46. The summed E-state index contributed by atoms with van der Waals surface area (Å²) in [7, 11) is -1.63. The van der Waals surface area contributed by atoms with Crippen molar-refractivity contribution in [2.75, 3.05) is 13.1 Å². The molecule has 1 aliphatic carbocycles. The smallest absolute Gasteiger partial charge is 0.192 e. The van der Waals surface area contributed by atoms with E-state index in [1.807, 2.05) is 0 Å². The molecule has 2 rings (SSSR count). The van der Waals surface area contributed by atoms with Crippen LogP contribution < -0.4 is 0 Å². The van der Waals surface area contributed by atoms with Crippen LogP contribution in [0, 0.1) is 0 Å². The van der Waals surface area contributed by atoms with E-state index in [0.717, 1.165) is 6.54 Å². The summed E-state index contributed by atoms with van der Waals surface area (Å²) >= 11 is 6.54. The highest BCUT2D eigenvalue weighted by atomic mass is 35.5. The normalized spacial score (nSPS) is 33.6. The number of nitrogens with zero attached hydrogens (tertiary/aromatic N) is 1. The number of hydrogen-bond acceptors (Lipinski definition) is 2. The predicted molar refractivity (Wildman–Crippen MR) is 90.2 cm³/mol. The molecule has 2 nitrogen and oxygen atoms in total. The average Bonchev–Trinajstić information content (AvgIpc) is 2.75. The summed E-state index contributed by atoms with van der Waals surface area (Å²) in [6.07, 6.45) is 6.74. The number of halogens is 1. The molecule has 2 aliphatic rings. The van der Waals surface area contributed by atoms with Crippen LogP contribution in [0.5, 0.6) is 0 Å². The summed E-state index contributed by atoms with van der Waals surface area (Å²) in [5.41, 5.74) is 0. The molecular formula is C16H32ClNOSi. The Bertz CT molecular complexity index is 329. The molecule has 0 aromatic carbocycles. The number of hydrogen-bond donors (Lipinski definition) is 0. The molecule has 20 heavy (non-hydrogen) atoms. The van der Waals surface area contributed by atoms with Gasteiger partial charge in [-0.1, -0.05) is 33.6 Å². The fourth-order valence-electron chi connectivity index (χ4n) is 3.22. The Morgan fingerprint density at radius 2 is 1.75 bits per heavy atom. The first-order valence-electron chi connectivity index (χ1n) is 8.27. The number of alkyl halides is 1. The summed E-state index contributed by atoms with van der Waals surface area (Å²) in [5, 5.41) is 0.663. The first-order valence-corrected chi connectivity index (χ1v) is 11.6. The minimum absolute atomic E-state index is 0.306. The number of rotatable bonds is 3. The summed E-state index contributed by atoms with van der Waals surface area (Å²) in [4.78, 5) is 2.61. The minimum atomic E-state index is -1.63. The maximum atomic E-state index is 6.57. The van der Waals surface area contributed by atoms with E-state index in [4.69, 9.17) is 16.0 Å². The molecule has 0 radical (unpaired) electrons. The minimum Gasteiger partial charge on any atom is -0.413 e. The first kappa shape index (κ1) is 16.8. The van der Waals surface area contributed by atoms with Gasteiger partial charge in [-0.05, 0) is 37.4 Å². The van der Waals surface area contributed by atoms with Crippen LogP contribution in [-0.4, -0.2) is 43.8 Å². The zero-order chi connectivity index (χ0) is 15.0. The maximum Gasteiger partial charge on any atom is 0.192 e. The Kier molecular flexibility index (Phi) is 5.27. The molecule has 1 heterocycles.